The van der Waals surface area contributed by atoms with E-state index < -0.39 is 5.54 Å². The molecule has 0 aliphatic carbocycles. The number of anilines is 1. The van der Waals surface area contributed by atoms with Crippen molar-refractivity contribution >= 4 is 29.9 Å². The highest BCUT2D eigenvalue weighted by Crippen LogP contribution is 2.18. The first-order chi connectivity index (χ1) is 10.9. The van der Waals surface area contributed by atoms with Crippen LogP contribution in [0.4, 0.5) is 5.69 Å². The van der Waals surface area contributed by atoms with E-state index in [9.17, 15) is 9.59 Å². The van der Waals surface area contributed by atoms with Crippen LogP contribution in [0.1, 0.15) is 51.5 Å². The maximum absolute atomic E-state index is 12.3. The van der Waals surface area contributed by atoms with Crippen LogP contribution in [0.3, 0.4) is 0 Å². The van der Waals surface area contributed by atoms with Gasteiger partial charge in [-0.05, 0) is 43.9 Å². The van der Waals surface area contributed by atoms with Gasteiger partial charge in [-0.2, -0.15) is 0 Å². The lowest BCUT2D eigenvalue weighted by Crippen LogP contribution is -2.48. The molecule has 1 atom stereocenters. The van der Waals surface area contributed by atoms with Crippen molar-refractivity contribution in [2.75, 3.05) is 11.9 Å². The van der Waals surface area contributed by atoms with E-state index in [1.807, 2.05) is 36.1 Å². The molecule has 134 valence electrons. The molecule has 24 heavy (non-hydrogen) atoms. The van der Waals surface area contributed by atoms with Crippen molar-refractivity contribution in [3.63, 3.8) is 0 Å². The molecule has 6 heteroatoms. The Morgan fingerprint density at radius 2 is 2.12 bits per heavy atom. The zero-order valence-corrected chi connectivity index (χ0v) is 15.3. The number of carbonyl (C=O) groups excluding carboxylic acids is 2. The summed E-state index contributed by atoms with van der Waals surface area (Å²) in [5.74, 6) is 0.0358. The van der Waals surface area contributed by atoms with Crippen LogP contribution in [-0.2, 0) is 16.1 Å². The Balaban J connectivity index is 0.00000288. The molecule has 1 unspecified atom stereocenters. The van der Waals surface area contributed by atoms with Gasteiger partial charge in [-0.3, -0.25) is 9.59 Å². The molecular weight excluding hydrogens is 326 g/mol. The Hall–Kier alpha value is -1.59. The van der Waals surface area contributed by atoms with Gasteiger partial charge in [0.1, 0.15) is 0 Å². The molecule has 1 heterocycles. The van der Waals surface area contributed by atoms with Crippen molar-refractivity contribution in [3.8, 4) is 0 Å². The first-order valence-corrected chi connectivity index (χ1v) is 8.39. The highest BCUT2D eigenvalue weighted by atomic mass is 35.5. The van der Waals surface area contributed by atoms with E-state index in [0.717, 1.165) is 37.1 Å². The number of nitrogens with two attached hydrogens (primary N) is 1. The molecule has 0 spiro atoms. The molecule has 1 aromatic rings. The fourth-order valence-corrected chi connectivity index (χ4v) is 2.90. The predicted octanol–water partition coefficient (Wildman–Crippen LogP) is 3.08. The van der Waals surface area contributed by atoms with E-state index in [1.165, 1.54) is 0 Å². The summed E-state index contributed by atoms with van der Waals surface area (Å²) in [6.07, 6.45) is 4.18. The molecule has 1 fully saturated rings. The molecule has 0 aromatic heterocycles. The summed E-state index contributed by atoms with van der Waals surface area (Å²) >= 11 is 0. The van der Waals surface area contributed by atoms with Gasteiger partial charge in [0.05, 0.1) is 5.54 Å². The topological polar surface area (TPSA) is 75.4 Å². The van der Waals surface area contributed by atoms with Crippen molar-refractivity contribution in [2.24, 2.45) is 5.73 Å². The third-order valence-corrected chi connectivity index (χ3v) is 4.27. The molecule has 1 aliphatic rings. The van der Waals surface area contributed by atoms with Crippen LogP contribution < -0.4 is 11.1 Å². The number of nitrogens with zero attached hydrogens (tertiary/aromatic N) is 1. The number of carbonyl (C=O) groups is 2. The number of amides is 2. The molecule has 0 radical (unpaired) electrons. The number of nitrogens with one attached hydrogen (secondary N) is 1. The maximum atomic E-state index is 12.3. The largest absolute Gasteiger partial charge is 0.338 e. The number of hydrogen-bond acceptors (Lipinski definition) is 3. The minimum atomic E-state index is -0.867. The summed E-state index contributed by atoms with van der Waals surface area (Å²) in [6, 6.07) is 7.64. The quantitative estimate of drug-likeness (QED) is 0.825. The second kappa shape index (κ2) is 9.04. The van der Waals surface area contributed by atoms with Crippen LogP contribution in [0.2, 0.25) is 0 Å². The van der Waals surface area contributed by atoms with Crippen LogP contribution in [0.5, 0.6) is 0 Å². The SMILES string of the molecule is CCCC(C)(N)C(=O)Nc1cccc(CN2CCCCC2=O)c1.Cl. The predicted molar refractivity (Wildman–Crippen MR) is 99.1 cm³/mol. The van der Waals surface area contributed by atoms with Crippen LogP contribution in [-0.4, -0.2) is 28.8 Å². The highest BCUT2D eigenvalue weighted by Gasteiger charge is 2.27. The van der Waals surface area contributed by atoms with E-state index in [0.29, 0.717) is 19.4 Å². The molecule has 1 saturated heterocycles. The Labute approximate surface area is 150 Å². The standard InChI is InChI=1S/C18H27N3O2.ClH/c1-3-10-18(2,19)17(23)20-15-8-6-7-14(12-15)13-21-11-5-4-9-16(21)22;/h6-8,12H,3-5,9-11,13,19H2,1-2H3,(H,20,23);1H. The smallest absolute Gasteiger partial charge is 0.244 e. The minimum absolute atomic E-state index is 0. The number of hydrogen-bond donors (Lipinski definition) is 2. The Kier molecular flexibility index (Phi) is 7.70. The molecule has 2 rings (SSSR count). The second-order valence-corrected chi connectivity index (χ2v) is 6.59. The van der Waals surface area contributed by atoms with E-state index >= 15 is 0 Å². The van der Waals surface area contributed by atoms with Gasteiger partial charge in [-0.25, -0.2) is 0 Å². The molecule has 3 N–H and O–H groups in total. The zero-order chi connectivity index (χ0) is 16.9. The maximum Gasteiger partial charge on any atom is 0.244 e. The van der Waals surface area contributed by atoms with Gasteiger partial charge in [0.15, 0.2) is 0 Å². The summed E-state index contributed by atoms with van der Waals surface area (Å²) in [6.45, 7) is 5.17. The fourth-order valence-electron chi connectivity index (χ4n) is 2.90. The summed E-state index contributed by atoms with van der Waals surface area (Å²) in [5, 5.41) is 2.89. The van der Waals surface area contributed by atoms with Gasteiger partial charge in [0.2, 0.25) is 11.8 Å². The molecule has 5 nitrogen and oxygen atoms in total. The van der Waals surface area contributed by atoms with Gasteiger partial charge >= 0.3 is 0 Å². The molecule has 1 aromatic carbocycles. The second-order valence-electron chi connectivity index (χ2n) is 6.59. The molecule has 2 amide bonds. The summed E-state index contributed by atoms with van der Waals surface area (Å²) in [4.78, 5) is 26.1. The van der Waals surface area contributed by atoms with Crippen molar-refractivity contribution < 1.29 is 9.59 Å². The first kappa shape index (κ1) is 20.5. The van der Waals surface area contributed by atoms with Gasteiger partial charge in [0.25, 0.3) is 0 Å². The molecule has 1 aliphatic heterocycles. The number of piperidine rings is 1. The van der Waals surface area contributed by atoms with Gasteiger partial charge in [0, 0.05) is 25.2 Å². The van der Waals surface area contributed by atoms with Gasteiger partial charge in [-0.1, -0.05) is 25.5 Å². The van der Waals surface area contributed by atoms with E-state index in [4.69, 9.17) is 5.73 Å². The lowest BCUT2D eigenvalue weighted by Gasteiger charge is -2.27. The Morgan fingerprint density at radius 1 is 1.38 bits per heavy atom. The molecule has 0 bridgehead atoms. The third kappa shape index (κ3) is 5.49. The summed E-state index contributed by atoms with van der Waals surface area (Å²) in [7, 11) is 0. The molecule has 0 saturated carbocycles. The first-order valence-electron chi connectivity index (χ1n) is 8.39. The van der Waals surface area contributed by atoms with Crippen LogP contribution in [0.15, 0.2) is 24.3 Å². The summed E-state index contributed by atoms with van der Waals surface area (Å²) in [5.41, 5.74) is 6.94. The number of halogens is 1. The number of likely N-dealkylation sites (tertiary alicyclic amines) is 1. The van der Waals surface area contributed by atoms with E-state index in [1.54, 1.807) is 6.92 Å². The summed E-state index contributed by atoms with van der Waals surface area (Å²) < 4.78 is 0. The average Bonchev–Trinajstić information content (AvgIpc) is 2.50. The van der Waals surface area contributed by atoms with Crippen molar-refractivity contribution in [2.45, 2.75) is 58.0 Å². The number of benzene rings is 1. The van der Waals surface area contributed by atoms with Crippen molar-refractivity contribution in [1.29, 1.82) is 0 Å². The van der Waals surface area contributed by atoms with E-state index in [-0.39, 0.29) is 24.2 Å². The fraction of sp³-hybridized carbons (Fsp3) is 0.556. The number of rotatable bonds is 6. The van der Waals surface area contributed by atoms with E-state index in [2.05, 4.69) is 5.32 Å². The van der Waals surface area contributed by atoms with Gasteiger partial charge in [-0.15, -0.1) is 12.4 Å². The normalized spacial score (nSPS) is 17.0. The van der Waals surface area contributed by atoms with Crippen molar-refractivity contribution in [3.05, 3.63) is 29.8 Å². The van der Waals surface area contributed by atoms with Crippen LogP contribution in [0, 0.1) is 0 Å². The lowest BCUT2D eigenvalue weighted by molar-refractivity contribution is -0.133. The Morgan fingerprint density at radius 3 is 2.79 bits per heavy atom. The van der Waals surface area contributed by atoms with Crippen LogP contribution >= 0.6 is 12.4 Å². The van der Waals surface area contributed by atoms with Gasteiger partial charge < -0.3 is 16.0 Å². The highest BCUT2D eigenvalue weighted by molar-refractivity contribution is 5.97. The minimum Gasteiger partial charge on any atom is -0.338 e. The van der Waals surface area contributed by atoms with Crippen LogP contribution in [0.25, 0.3) is 0 Å². The third-order valence-electron chi connectivity index (χ3n) is 4.27. The monoisotopic (exact) mass is 353 g/mol. The Bertz CT molecular complexity index is 575. The lowest BCUT2D eigenvalue weighted by atomic mass is 9.96. The average molecular weight is 354 g/mol. The van der Waals surface area contributed by atoms with Crippen molar-refractivity contribution in [1.82, 2.24) is 4.90 Å². The molecular formula is C18H28ClN3O2. The zero-order valence-electron chi connectivity index (χ0n) is 14.5.